The molecular formula is C22H23N3O2S. The summed E-state index contributed by atoms with van der Waals surface area (Å²) in [5, 5.41) is 6.56. The Bertz CT molecular complexity index is 942. The number of rotatable bonds is 5. The zero-order valence-electron chi connectivity index (χ0n) is 15.6. The fourth-order valence-corrected chi connectivity index (χ4v) is 4.54. The number of nitrogens with zero attached hydrogens (tertiary/aromatic N) is 1. The molecule has 1 aliphatic carbocycles. The van der Waals surface area contributed by atoms with Gasteiger partial charge in [0.2, 0.25) is 11.8 Å². The number of nitrogens with one attached hydrogen (secondary N) is 2. The molecule has 0 radical (unpaired) electrons. The lowest BCUT2D eigenvalue weighted by molar-refractivity contribution is -0.128. The molecule has 0 unspecified atom stereocenters. The zero-order chi connectivity index (χ0) is 19.3. The van der Waals surface area contributed by atoms with Crippen LogP contribution in [0.5, 0.6) is 0 Å². The van der Waals surface area contributed by atoms with Gasteiger partial charge in [0.1, 0.15) is 5.01 Å². The Balaban J connectivity index is 1.32. The molecule has 5 nitrogen and oxygen atoms in total. The zero-order valence-corrected chi connectivity index (χ0v) is 16.4. The first-order valence-corrected chi connectivity index (χ1v) is 10.5. The fraction of sp³-hybridized carbons (Fsp3) is 0.318. The molecule has 0 bridgehead atoms. The van der Waals surface area contributed by atoms with Crippen LogP contribution in [-0.4, -0.2) is 23.3 Å². The van der Waals surface area contributed by atoms with E-state index in [1.807, 2.05) is 42.5 Å². The lowest BCUT2D eigenvalue weighted by Crippen LogP contribution is -2.37. The summed E-state index contributed by atoms with van der Waals surface area (Å²) >= 11 is 1.65. The minimum Gasteiger partial charge on any atom is -0.347 e. The number of hydrogen-bond donors (Lipinski definition) is 2. The first kappa shape index (κ1) is 18.6. The second-order valence-corrected chi connectivity index (χ2v) is 8.20. The number of carbonyl (C=O) groups is 2. The van der Waals surface area contributed by atoms with Gasteiger partial charge in [0.15, 0.2) is 0 Å². The number of anilines is 1. The van der Waals surface area contributed by atoms with Crippen LogP contribution >= 0.6 is 11.3 Å². The summed E-state index contributed by atoms with van der Waals surface area (Å²) in [7, 11) is 0. The van der Waals surface area contributed by atoms with Gasteiger partial charge in [0.05, 0.1) is 16.8 Å². The van der Waals surface area contributed by atoms with Gasteiger partial charge in [-0.05, 0) is 49.2 Å². The molecule has 3 aromatic rings. The van der Waals surface area contributed by atoms with Crippen LogP contribution in [0.3, 0.4) is 0 Å². The number of hydrogen-bond acceptors (Lipinski definition) is 4. The molecule has 1 fully saturated rings. The lowest BCUT2D eigenvalue weighted by Gasteiger charge is -2.20. The van der Waals surface area contributed by atoms with E-state index in [9.17, 15) is 9.59 Å². The van der Waals surface area contributed by atoms with Gasteiger partial charge in [-0.2, -0.15) is 0 Å². The van der Waals surface area contributed by atoms with Crippen LogP contribution in [0.25, 0.3) is 20.8 Å². The summed E-state index contributed by atoms with van der Waals surface area (Å²) in [6, 6.07) is 15.7. The molecule has 0 spiro atoms. The van der Waals surface area contributed by atoms with Crippen molar-refractivity contribution in [1.29, 1.82) is 0 Å². The summed E-state index contributed by atoms with van der Waals surface area (Å²) < 4.78 is 1.16. The lowest BCUT2D eigenvalue weighted by atomic mass is 9.89. The largest absolute Gasteiger partial charge is 0.347 e. The molecule has 0 saturated heterocycles. The topological polar surface area (TPSA) is 71.1 Å². The van der Waals surface area contributed by atoms with Crippen molar-refractivity contribution in [2.75, 3.05) is 11.9 Å². The van der Waals surface area contributed by atoms with Gasteiger partial charge >= 0.3 is 0 Å². The van der Waals surface area contributed by atoms with Crippen LogP contribution in [0, 0.1) is 5.92 Å². The molecule has 2 amide bonds. The van der Waals surface area contributed by atoms with Crippen molar-refractivity contribution in [3.8, 4) is 10.6 Å². The monoisotopic (exact) mass is 393 g/mol. The molecule has 1 aromatic heterocycles. The summed E-state index contributed by atoms with van der Waals surface area (Å²) in [5.41, 5.74) is 2.72. The Kier molecular flexibility index (Phi) is 5.67. The van der Waals surface area contributed by atoms with E-state index in [1.54, 1.807) is 11.3 Å². The van der Waals surface area contributed by atoms with Crippen LogP contribution in [-0.2, 0) is 9.59 Å². The third-order valence-electron chi connectivity index (χ3n) is 5.11. The third kappa shape index (κ3) is 4.39. The Morgan fingerprint density at radius 1 is 1.00 bits per heavy atom. The highest BCUT2D eigenvalue weighted by Gasteiger charge is 2.21. The summed E-state index contributed by atoms with van der Waals surface area (Å²) in [6.07, 6.45) is 5.27. The smallest absolute Gasteiger partial charge is 0.243 e. The van der Waals surface area contributed by atoms with E-state index >= 15 is 0 Å². The predicted molar refractivity (Wildman–Crippen MR) is 113 cm³/mol. The van der Waals surface area contributed by atoms with Gasteiger partial charge in [-0.3, -0.25) is 9.59 Å². The molecule has 1 saturated carbocycles. The van der Waals surface area contributed by atoms with E-state index in [-0.39, 0.29) is 24.3 Å². The molecule has 6 heteroatoms. The Hall–Kier alpha value is -2.73. The summed E-state index contributed by atoms with van der Waals surface area (Å²) in [5.74, 6) is -0.146. The predicted octanol–water partition coefficient (Wildman–Crippen LogP) is 4.60. The highest BCUT2D eigenvalue weighted by Crippen LogP contribution is 2.30. The molecule has 28 heavy (non-hydrogen) atoms. The van der Waals surface area contributed by atoms with Gasteiger partial charge in [-0.25, -0.2) is 4.98 Å². The Morgan fingerprint density at radius 2 is 1.75 bits per heavy atom. The van der Waals surface area contributed by atoms with Gasteiger partial charge in [-0.15, -0.1) is 11.3 Å². The number of fused-ring (bicyclic) bond motifs is 1. The SMILES string of the molecule is O=C(CNC(=O)C1CCCCC1)Nc1ccc(-c2nc3ccccc3s2)cc1. The second kappa shape index (κ2) is 8.52. The Morgan fingerprint density at radius 3 is 2.50 bits per heavy atom. The molecule has 2 N–H and O–H groups in total. The van der Waals surface area contributed by atoms with Crippen molar-refractivity contribution < 1.29 is 9.59 Å². The highest BCUT2D eigenvalue weighted by molar-refractivity contribution is 7.21. The van der Waals surface area contributed by atoms with Crippen molar-refractivity contribution in [3.63, 3.8) is 0 Å². The minimum atomic E-state index is -0.211. The van der Waals surface area contributed by atoms with E-state index in [0.29, 0.717) is 5.69 Å². The quantitative estimate of drug-likeness (QED) is 0.666. The molecule has 1 aliphatic rings. The molecule has 1 heterocycles. The van der Waals surface area contributed by atoms with Gasteiger partial charge in [0, 0.05) is 17.2 Å². The molecule has 144 valence electrons. The van der Waals surface area contributed by atoms with E-state index in [0.717, 1.165) is 46.5 Å². The first-order chi connectivity index (χ1) is 13.7. The van der Waals surface area contributed by atoms with Crippen LogP contribution in [0.15, 0.2) is 48.5 Å². The second-order valence-electron chi connectivity index (χ2n) is 7.17. The van der Waals surface area contributed by atoms with Crippen molar-refractivity contribution in [3.05, 3.63) is 48.5 Å². The normalized spacial score (nSPS) is 14.7. The maximum absolute atomic E-state index is 12.1. The standard InChI is InChI=1S/C22H23N3O2S/c26-20(14-23-21(27)15-6-2-1-3-7-15)24-17-12-10-16(11-13-17)22-25-18-8-4-5-9-19(18)28-22/h4-5,8-13,15H,1-3,6-7,14H2,(H,23,27)(H,24,26). The van der Waals surface area contributed by atoms with Crippen molar-refractivity contribution in [1.82, 2.24) is 10.3 Å². The molecular weight excluding hydrogens is 370 g/mol. The first-order valence-electron chi connectivity index (χ1n) is 9.72. The maximum atomic E-state index is 12.1. The molecule has 4 rings (SSSR count). The number of thiazole rings is 1. The fourth-order valence-electron chi connectivity index (χ4n) is 3.57. The molecule has 0 atom stereocenters. The highest BCUT2D eigenvalue weighted by atomic mass is 32.1. The average Bonchev–Trinajstić information content (AvgIpc) is 3.17. The van der Waals surface area contributed by atoms with Gasteiger partial charge < -0.3 is 10.6 Å². The van der Waals surface area contributed by atoms with E-state index in [4.69, 9.17) is 0 Å². The number of carbonyl (C=O) groups excluding carboxylic acids is 2. The number of benzene rings is 2. The van der Waals surface area contributed by atoms with Crippen molar-refractivity contribution in [2.24, 2.45) is 5.92 Å². The van der Waals surface area contributed by atoms with Crippen LogP contribution < -0.4 is 10.6 Å². The number of aromatic nitrogens is 1. The Labute approximate surface area is 168 Å². The van der Waals surface area contributed by atoms with Gasteiger partial charge in [-0.1, -0.05) is 31.4 Å². The maximum Gasteiger partial charge on any atom is 0.243 e. The summed E-state index contributed by atoms with van der Waals surface area (Å²) in [4.78, 5) is 28.9. The van der Waals surface area contributed by atoms with Crippen molar-refractivity contribution in [2.45, 2.75) is 32.1 Å². The van der Waals surface area contributed by atoms with Crippen molar-refractivity contribution >= 4 is 39.1 Å². The van der Waals surface area contributed by atoms with Crippen LogP contribution in [0.4, 0.5) is 5.69 Å². The van der Waals surface area contributed by atoms with E-state index in [1.165, 1.54) is 6.42 Å². The van der Waals surface area contributed by atoms with E-state index in [2.05, 4.69) is 21.7 Å². The molecule has 0 aliphatic heterocycles. The van der Waals surface area contributed by atoms with Crippen LogP contribution in [0.2, 0.25) is 0 Å². The number of amides is 2. The van der Waals surface area contributed by atoms with E-state index < -0.39 is 0 Å². The third-order valence-corrected chi connectivity index (χ3v) is 6.19. The summed E-state index contributed by atoms with van der Waals surface area (Å²) in [6.45, 7) is 0.00888. The number of para-hydroxylation sites is 1. The minimum absolute atomic E-state index is 0.000957. The van der Waals surface area contributed by atoms with Crippen LogP contribution in [0.1, 0.15) is 32.1 Å². The molecule has 2 aromatic carbocycles. The average molecular weight is 394 g/mol. The van der Waals surface area contributed by atoms with Gasteiger partial charge in [0.25, 0.3) is 0 Å².